The molecule has 6 heteroatoms. The predicted octanol–water partition coefficient (Wildman–Crippen LogP) is 2.50. The van der Waals surface area contributed by atoms with Crippen molar-refractivity contribution in [2.75, 3.05) is 5.73 Å². The largest absolute Gasteiger partial charge is 0.399 e. The van der Waals surface area contributed by atoms with E-state index in [2.05, 4.69) is 20.7 Å². The van der Waals surface area contributed by atoms with Gasteiger partial charge in [0.2, 0.25) is 10.0 Å². The molecule has 0 aliphatic carbocycles. The minimum atomic E-state index is -3.51. The average Bonchev–Trinajstić information content (AvgIpc) is 2.29. The molecule has 1 aromatic carbocycles. The fraction of sp³-hybridized carbons (Fsp3) is 0.455. The van der Waals surface area contributed by atoms with Crippen LogP contribution in [-0.4, -0.2) is 14.5 Å². The Kier molecular flexibility index (Phi) is 4.97. The highest BCUT2D eigenvalue weighted by atomic mass is 79.9. The van der Waals surface area contributed by atoms with Crippen LogP contribution in [-0.2, 0) is 10.0 Å². The van der Waals surface area contributed by atoms with E-state index < -0.39 is 10.0 Å². The Morgan fingerprint density at radius 1 is 1.35 bits per heavy atom. The van der Waals surface area contributed by atoms with E-state index in [0.29, 0.717) is 10.2 Å². The minimum Gasteiger partial charge on any atom is -0.399 e. The molecule has 0 spiro atoms. The topological polar surface area (TPSA) is 72.2 Å². The lowest BCUT2D eigenvalue weighted by Crippen LogP contribution is -2.34. The van der Waals surface area contributed by atoms with E-state index in [9.17, 15) is 8.42 Å². The number of benzene rings is 1. The first-order valence-corrected chi connectivity index (χ1v) is 7.75. The van der Waals surface area contributed by atoms with Crippen LogP contribution in [0.25, 0.3) is 0 Å². The monoisotopic (exact) mass is 320 g/mol. The second-order valence-corrected chi connectivity index (χ2v) is 6.36. The van der Waals surface area contributed by atoms with Crippen molar-refractivity contribution in [1.29, 1.82) is 0 Å². The lowest BCUT2D eigenvalue weighted by molar-refractivity contribution is 0.530. The first-order chi connectivity index (χ1) is 7.90. The lowest BCUT2D eigenvalue weighted by Gasteiger charge is -2.16. The zero-order valence-corrected chi connectivity index (χ0v) is 12.3. The standard InChI is InChI=1S/C11H17BrN2O2S/c1-3-9(4-2)14-17(15,16)11-7-8(13)5-6-10(11)12/h5-7,9,14H,3-4,13H2,1-2H3. The number of anilines is 1. The van der Waals surface area contributed by atoms with Gasteiger partial charge in [0, 0.05) is 16.2 Å². The number of nitrogen functional groups attached to an aromatic ring is 1. The fourth-order valence-electron chi connectivity index (χ4n) is 1.46. The molecule has 3 N–H and O–H groups in total. The van der Waals surface area contributed by atoms with Gasteiger partial charge in [0.15, 0.2) is 0 Å². The molecule has 0 saturated heterocycles. The Morgan fingerprint density at radius 3 is 2.47 bits per heavy atom. The van der Waals surface area contributed by atoms with Crippen LogP contribution in [0.4, 0.5) is 5.69 Å². The van der Waals surface area contributed by atoms with Gasteiger partial charge in [0.1, 0.15) is 0 Å². The Morgan fingerprint density at radius 2 is 1.94 bits per heavy atom. The minimum absolute atomic E-state index is 0.0478. The van der Waals surface area contributed by atoms with Crippen molar-refractivity contribution < 1.29 is 8.42 Å². The van der Waals surface area contributed by atoms with Gasteiger partial charge in [-0.1, -0.05) is 13.8 Å². The van der Waals surface area contributed by atoms with E-state index in [0.717, 1.165) is 12.8 Å². The van der Waals surface area contributed by atoms with Crippen molar-refractivity contribution in [2.45, 2.75) is 37.6 Å². The first kappa shape index (κ1) is 14.5. The summed E-state index contributed by atoms with van der Waals surface area (Å²) < 4.78 is 27.5. The zero-order valence-electron chi connectivity index (χ0n) is 9.90. The summed E-state index contributed by atoms with van der Waals surface area (Å²) >= 11 is 3.23. The van der Waals surface area contributed by atoms with E-state index in [4.69, 9.17) is 5.73 Å². The summed E-state index contributed by atoms with van der Waals surface area (Å²) in [5.41, 5.74) is 6.04. The predicted molar refractivity (Wildman–Crippen MR) is 73.2 cm³/mol. The van der Waals surface area contributed by atoms with Crippen LogP contribution >= 0.6 is 15.9 Å². The van der Waals surface area contributed by atoms with Crippen molar-refractivity contribution in [1.82, 2.24) is 4.72 Å². The molecule has 0 radical (unpaired) electrons. The molecule has 17 heavy (non-hydrogen) atoms. The molecule has 0 aliphatic heterocycles. The number of rotatable bonds is 5. The van der Waals surface area contributed by atoms with Gasteiger partial charge >= 0.3 is 0 Å². The highest BCUT2D eigenvalue weighted by Crippen LogP contribution is 2.24. The van der Waals surface area contributed by atoms with E-state index in [1.165, 1.54) is 6.07 Å². The molecule has 0 aromatic heterocycles. The maximum absolute atomic E-state index is 12.1. The van der Waals surface area contributed by atoms with Crippen LogP contribution in [0.5, 0.6) is 0 Å². The molecule has 0 saturated carbocycles. The number of nitrogens with two attached hydrogens (primary N) is 1. The van der Waals surface area contributed by atoms with Gasteiger partial charge in [-0.25, -0.2) is 13.1 Å². The summed E-state index contributed by atoms with van der Waals surface area (Å²) in [6, 6.07) is 4.69. The number of hydrogen-bond donors (Lipinski definition) is 2. The third-order valence-corrected chi connectivity index (χ3v) is 5.07. The second-order valence-electron chi connectivity index (χ2n) is 3.82. The van der Waals surface area contributed by atoms with E-state index in [1.807, 2.05) is 13.8 Å². The summed E-state index contributed by atoms with van der Waals surface area (Å²) in [6.07, 6.45) is 1.52. The van der Waals surface area contributed by atoms with Crippen LogP contribution in [0.1, 0.15) is 26.7 Å². The Bertz CT molecular complexity index is 484. The summed E-state index contributed by atoms with van der Waals surface area (Å²) in [5.74, 6) is 0. The van der Waals surface area contributed by atoms with Crippen molar-refractivity contribution in [3.05, 3.63) is 22.7 Å². The SMILES string of the molecule is CCC(CC)NS(=O)(=O)c1cc(N)ccc1Br. The van der Waals surface area contributed by atoms with E-state index in [-0.39, 0.29) is 10.9 Å². The number of sulfonamides is 1. The molecule has 4 nitrogen and oxygen atoms in total. The van der Waals surface area contributed by atoms with Gasteiger partial charge < -0.3 is 5.73 Å². The number of halogens is 1. The second kappa shape index (κ2) is 5.84. The summed E-state index contributed by atoms with van der Waals surface area (Å²) in [7, 11) is -3.51. The molecule has 0 atom stereocenters. The Labute approximate surface area is 111 Å². The normalized spacial score (nSPS) is 12.0. The van der Waals surface area contributed by atoms with Crippen molar-refractivity contribution in [2.24, 2.45) is 0 Å². The van der Waals surface area contributed by atoms with Gasteiger partial charge in [-0.05, 0) is 47.0 Å². The molecule has 1 rings (SSSR count). The van der Waals surface area contributed by atoms with Crippen LogP contribution in [0, 0.1) is 0 Å². The maximum atomic E-state index is 12.1. The number of hydrogen-bond acceptors (Lipinski definition) is 3. The van der Waals surface area contributed by atoms with Crippen molar-refractivity contribution in [3.63, 3.8) is 0 Å². The van der Waals surface area contributed by atoms with Gasteiger partial charge in [-0.3, -0.25) is 0 Å². The molecule has 0 aliphatic rings. The maximum Gasteiger partial charge on any atom is 0.242 e. The molecular formula is C11H17BrN2O2S. The molecule has 0 unspecified atom stereocenters. The highest BCUT2D eigenvalue weighted by Gasteiger charge is 2.20. The van der Waals surface area contributed by atoms with Crippen LogP contribution in [0.15, 0.2) is 27.6 Å². The summed E-state index contributed by atoms with van der Waals surface area (Å²) in [5, 5.41) is 0. The van der Waals surface area contributed by atoms with E-state index >= 15 is 0 Å². The smallest absolute Gasteiger partial charge is 0.242 e. The molecular weight excluding hydrogens is 304 g/mol. The van der Waals surface area contributed by atoms with Crippen molar-refractivity contribution >= 4 is 31.6 Å². The number of nitrogens with one attached hydrogen (secondary N) is 1. The molecule has 1 aromatic rings. The molecule has 0 heterocycles. The fourth-order valence-corrected chi connectivity index (χ4v) is 3.87. The van der Waals surface area contributed by atoms with Crippen LogP contribution < -0.4 is 10.5 Å². The molecule has 96 valence electrons. The first-order valence-electron chi connectivity index (χ1n) is 5.48. The zero-order chi connectivity index (χ0) is 13.1. The van der Waals surface area contributed by atoms with Crippen LogP contribution in [0.2, 0.25) is 0 Å². The van der Waals surface area contributed by atoms with Gasteiger partial charge in [-0.15, -0.1) is 0 Å². The van der Waals surface area contributed by atoms with Crippen molar-refractivity contribution in [3.8, 4) is 0 Å². The third-order valence-electron chi connectivity index (χ3n) is 2.55. The lowest BCUT2D eigenvalue weighted by atomic mass is 10.2. The van der Waals surface area contributed by atoms with Gasteiger partial charge in [0.25, 0.3) is 0 Å². The van der Waals surface area contributed by atoms with Gasteiger partial charge in [0.05, 0.1) is 4.90 Å². The molecule has 0 fully saturated rings. The van der Waals surface area contributed by atoms with Crippen LogP contribution in [0.3, 0.4) is 0 Å². The average molecular weight is 321 g/mol. The Balaban J connectivity index is 3.09. The quantitative estimate of drug-likeness (QED) is 0.819. The summed E-state index contributed by atoms with van der Waals surface area (Å²) in [4.78, 5) is 0.185. The van der Waals surface area contributed by atoms with Gasteiger partial charge in [-0.2, -0.15) is 0 Å². The van der Waals surface area contributed by atoms with E-state index in [1.54, 1.807) is 12.1 Å². The summed E-state index contributed by atoms with van der Waals surface area (Å²) in [6.45, 7) is 3.90. The third kappa shape index (κ3) is 3.69. The molecule has 0 amide bonds. The molecule has 0 bridgehead atoms. The Hall–Kier alpha value is -0.590. The highest BCUT2D eigenvalue weighted by molar-refractivity contribution is 9.10.